The van der Waals surface area contributed by atoms with E-state index in [0.29, 0.717) is 25.9 Å². The molecule has 0 bridgehead atoms. The van der Waals surface area contributed by atoms with E-state index in [1.165, 1.54) is 6.42 Å². The van der Waals surface area contributed by atoms with E-state index in [0.717, 1.165) is 37.2 Å². The third kappa shape index (κ3) is 3.79. The number of piperidine rings is 2. The number of carbonyl (C=O) groups is 2. The lowest BCUT2D eigenvalue weighted by atomic mass is 9.83. The Morgan fingerprint density at radius 1 is 1.00 bits per heavy atom. The van der Waals surface area contributed by atoms with Crippen molar-refractivity contribution >= 4 is 17.6 Å². The zero-order valence-corrected chi connectivity index (χ0v) is 15.0. The first-order valence-electron chi connectivity index (χ1n) is 9.19. The van der Waals surface area contributed by atoms with Gasteiger partial charge < -0.3 is 16.0 Å². The maximum atomic E-state index is 12.5. The summed E-state index contributed by atoms with van der Waals surface area (Å²) in [5, 5.41) is 2.93. The van der Waals surface area contributed by atoms with Gasteiger partial charge >= 0.3 is 6.03 Å². The second kappa shape index (κ2) is 7.44. The Hall–Kier alpha value is -2.08. The predicted octanol–water partition coefficient (Wildman–Crippen LogP) is 2.33. The Kier molecular flexibility index (Phi) is 5.27. The second-order valence-electron chi connectivity index (χ2n) is 7.23. The zero-order valence-electron chi connectivity index (χ0n) is 15.0. The lowest BCUT2D eigenvalue weighted by Gasteiger charge is -2.48. The van der Waals surface area contributed by atoms with Crippen LogP contribution in [0.1, 0.15) is 37.7 Å². The van der Waals surface area contributed by atoms with Gasteiger partial charge in [-0.15, -0.1) is 0 Å². The Morgan fingerprint density at radius 3 is 2.16 bits per heavy atom. The van der Waals surface area contributed by atoms with Gasteiger partial charge in [0.2, 0.25) is 5.91 Å². The van der Waals surface area contributed by atoms with E-state index in [1.807, 2.05) is 31.2 Å². The third-order valence-corrected chi connectivity index (χ3v) is 5.60. The number of nitrogens with two attached hydrogens (primary N) is 1. The average Bonchev–Trinajstić information content (AvgIpc) is 2.64. The van der Waals surface area contributed by atoms with Gasteiger partial charge in [-0.05, 0) is 57.8 Å². The van der Waals surface area contributed by atoms with Crippen LogP contribution in [0, 0.1) is 6.92 Å². The van der Waals surface area contributed by atoms with Crippen LogP contribution < -0.4 is 11.1 Å². The molecule has 1 aromatic carbocycles. The van der Waals surface area contributed by atoms with E-state index in [1.54, 1.807) is 4.90 Å². The van der Waals surface area contributed by atoms with Gasteiger partial charge in [0, 0.05) is 18.8 Å². The topological polar surface area (TPSA) is 78.7 Å². The van der Waals surface area contributed by atoms with Crippen LogP contribution in [0.25, 0.3) is 0 Å². The number of likely N-dealkylation sites (tertiary alicyclic amines) is 2. The van der Waals surface area contributed by atoms with Crippen LogP contribution in [0.3, 0.4) is 0 Å². The highest BCUT2D eigenvalue weighted by atomic mass is 16.2. The second-order valence-corrected chi connectivity index (χ2v) is 7.23. The number of primary amides is 1. The molecule has 0 aromatic heterocycles. The highest BCUT2D eigenvalue weighted by Gasteiger charge is 2.45. The molecular formula is C19H28N4O2. The van der Waals surface area contributed by atoms with Crippen molar-refractivity contribution in [3.05, 3.63) is 29.8 Å². The fraction of sp³-hybridized carbons (Fsp3) is 0.579. The van der Waals surface area contributed by atoms with Gasteiger partial charge in [0.05, 0.1) is 0 Å². The van der Waals surface area contributed by atoms with E-state index < -0.39 is 5.54 Å². The highest BCUT2D eigenvalue weighted by molar-refractivity contribution is 5.90. The summed E-state index contributed by atoms with van der Waals surface area (Å²) >= 11 is 0. The van der Waals surface area contributed by atoms with Crippen LogP contribution in [0.4, 0.5) is 10.5 Å². The standard InChI is InChI=1S/C19H28N4O2/c1-15-5-7-16(8-6-15)21-18(25)22-13-9-19(10-14-22,17(20)24)23-11-3-2-4-12-23/h5-8H,2-4,9-14H2,1H3,(H2,20,24)(H,21,25). The molecule has 0 atom stereocenters. The van der Waals surface area contributed by atoms with Crippen molar-refractivity contribution in [1.29, 1.82) is 0 Å². The summed E-state index contributed by atoms with van der Waals surface area (Å²) in [4.78, 5) is 28.8. The fourth-order valence-corrected chi connectivity index (χ4v) is 3.96. The number of nitrogens with one attached hydrogen (secondary N) is 1. The molecule has 2 fully saturated rings. The fourth-order valence-electron chi connectivity index (χ4n) is 3.96. The molecule has 3 N–H and O–H groups in total. The SMILES string of the molecule is Cc1ccc(NC(=O)N2CCC(C(N)=O)(N3CCCCC3)CC2)cc1. The van der Waals surface area contributed by atoms with Crippen molar-refractivity contribution in [3.63, 3.8) is 0 Å². The van der Waals surface area contributed by atoms with Crippen molar-refractivity contribution < 1.29 is 9.59 Å². The largest absolute Gasteiger partial charge is 0.368 e. The average molecular weight is 344 g/mol. The molecule has 6 nitrogen and oxygen atoms in total. The van der Waals surface area contributed by atoms with E-state index >= 15 is 0 Å². The number of benzene rings is 1. The molecule has 2 aliphatic heterocycles. The maximum absolute atomic E-state index is 12.5. The molecular weight excluding hydrogens is 316 g/mol. The molecule has 2 heterocycles. The first-order chi connectivity index (χ1) is 12.0. The molecule has 0 unspecified atom stereocenters. The summed E-state index contributed by atoms with van der Waals surface area (Å²) in [6.07, 6.45) is 4.68. The van der Waals surface area contributed by atoms with Gasteiger partial charge in [-0.25, -0.2) is 4.79 Å². The van der Waals surface area contributed by atoms with Crippen molar-refractivity contribution in [2.45, 2.75) is 44.6 Å². The number of amides is 3. The summed E-state index contributed by atoms with van der Waals surface area (Å²) in [5.74, 6) is -0.243. The first-order valence-corrected chi connectivity index (χ1v) is 9.19. The summed E-state index contributed by atoms with van der Waals surface area (Å²) < 4.78 is 0. The van der Waals surface area contributed by atoms with Gasteiger partial charge in [0.25, 0.3) is 0 Å². The van der Waals surface area contributed by atoms with Crippen LogP contribution in [-0.4, -0.2) is 53.5 Å². The summed E-state index contributed by atoms with van der Waals surface area (Å²) in [5.41, 5.74) is 7.16. The first kappa shape index (κ1) is 17.7. The van der Waals surface area contributed by atoms with Crippen LogP contribution >= 0.6 is 0 Å². The number of urea groups is 1. The zero-order chi connectivity index (χ0) is 17.9. The molecule has 2 saturated heterocycles. The number of anilines is 1. The summed E-state index contributed by atoms with van der Waals surface area (Å²) in [6, 6.07) is 7.64. The molecule has 25 heavy (non-hydrogen) atoms. The molecule has 0 saturated carbocycles. The number of rotatable bonds is 3. The third-order valence-electron chi connectivity index (χ3n) is 5.60. The molecule has 0 spiro atoms. The summed E-state index contributed by atoms with van der Waals surface area (Å²) in [6.45, 7) is 4.98. The van der Waals surface area contributed by atoms with E-state index in [-0.39, 0.29) is 11.9 Å². The molecule has 0 radical (unpaired) electrons. The maximum Gasteiger partial charge on any atom is 0.321 e. The Bertz CT molecular complexity index is 615. The lowest BCUT2D eigenvalue weighted by Crippen LogP contribution is -2.64. The normalized spacial score (nSPS) is 20.9. The predicted molar refractivity (Wildman–Crippen MR) is 98.4 cm³/mol. The van der Waals surface area contributed by atoms with Crippen LogP contribution in [-0.2, 0) is 4.79 Å². The minimum atomic E-state index is -0.582. The van der Waals surface area contributed by atoms with Gasteiger partial charge in [-0.3, -0.25) is 9.69 Å². The Morgan fingerprint density at radius 2 is 1.60 bits per heavy atom. The number of nitrogens with zero attached hydrogens (tertiary/aromatic N) is 2. The molecule has 3 rings (SSSR count). The Balaban J connectivity index is 1.62. The van der Waals surface area contributed by atoms with Crippen LogP contribution in [0.15, 0.2) is 24.3 Å². The summed E-state index contributed by atoms with van der Waals surface area (Å²) in [7, 11) is 0. The van der Waals surface area contributed by atoms with Gasteiger partial charge in [-0.1, -0.05) is 24.1 Å². The van der Waals surface area contributed by atoms with Crippen LogP contribution in [0.5, 0.6) is 0 Å². The van der Waals surface area contributed by atoms with E-state index in [4.69, 9.17) is 5.73 Å². The van der Waals surface area contributed by atoms with Gasteiger partial charge in [-0.2, -0.15) is 0 Å². The monoisotopic (exact) mass is 344 g/mol. The smallest absolute Gasteiger partial charge is 0.321 e. The number of aryl methyl sites for hydroxylation is 1. The quantitative estimate of drug-likeness (QED) is 0.883. The molecule has 1 aromatic rings. The van der Waals surface area contributed by atoms with Crippen molar-refractivity contribution in [2.24, 2.45) is 5.73 Å². The Labute approximate surface area is 149 Å². The molecule has 3 amide bonds. The molecule has 2 aliphatic rings. The molecule has 6 heteroatoms. The molecule has 136 valence electrons. The minimum absolute atomic E-state index is 0.111. The van der Waals surface area contributed by atoms with Crippen molar-refractivity contribution in [3.8, 4) is 0 Å². The van der Waals surface area contributed by atoms with E-state index in [2.05, 4.69) is 10.2 Å². The molecule has 0 aliphatic carbocycles. The minimum Gasteiger partial charge on any atom is -0.368 e. The number of hydrogen-bond donors (Lipinski definition) is 2. The van der Waals surface area contributed by atoms with E-state index in [9.17, 15) is 9.59 Å². The lowest BCUT2D eigenvalue weighted by molar-refractivity contribution is -0.134. The van der Waals surface area contributed by atoms with Gasteiger partial charge in [0.1, 0.15) is 5.54 Å². The van der Waals surface area contributed by atoms with Crippen molar-refractivity contribution in [2.75, 3.05) is 31.5 Å². The van der Waals surface area contributed by atoms with Gasteiger partial charge in [0.15, 0.2) is 0 Å². The van der Waals surface area contributed by atoms with Crippen LogP contribution in [0.2, 0.25) is 0 Å². The number of carbonyl (C=O) groups excluding carboxylic acids is 2. The highest BCUT2D eigenvalue weighted by Crippen LogP contribution is 2.31. The number of hydrogen-bond acceptors (Lipinski definition) is 3. The van der Waals surface area contributed by atoms with Crippen molar-refractivity contribution in [1.82, 2.24) is 9.80 Å².